The summed E-state index contributed by atoms with van der Waals surface area (Å²) in [6, 6.07) is 6.97. The Kier molecular flexibility index (Phi) is 5.10. The van der Waals surface area contributed by atoms with Crippen molar-refractivity contribution < 1.29 is 18.7 Å². The topological polar surface area (TPSA) is 64.4 Å². The van der Waals surface area contributed by atoms with E-state index >= 15 is 0 Å². The molecule has 0 spiro atoms. The van der Waals surface area contributed by atoms with Crippen molar-refractivity contribution in [1.82, 2.24) is 9.78 Å². The summed E-state index contributed by atoms with van der Waals surface area (Å²) in [6.07, 6.45) is 0. The molecule has 122 valence electrons. The van der Waals surface area contributed by atoms with Gasteiger partial charge in [0, 0.05) is 12.7 Å². The number of ether oxygens (including phenoxy) is 1. The van der Waals surface area contributed by atoms with E-state index in [-0.39, 0.29) is 13.2 Å². The summed E-state index contributed by atoms with van der Waals surface area (Å²) >= 11 is 0. The minimum absolute atomic E-state index is 0.217. The van der Waals surface area contributed by atoms with E-state index in [0.717, 1.165) is 0 Å². The fraction of sp³-hybridized carbons (Fsp3) is 0.312. The van der Waals surface area contributed by atoms with E-state index in [1.165, 1.54) is 33.8 Å². The molecule has 0 aliphatic carbocycles. The summed E-state index contributed by atoms with van der Waals surface area (Å²) in [4.78, 5) is 25.8. The predicted molar refractivity (Wildman–Crippen MR) is 82.7 cm³/mol. The Bertz CT molecular complexity index is 710. The summed E-state index contributed by atoms with van der Waals surface area (Å²) in [6.45, 7) is 3.41. The first kappa shape index (κ1) is 16.7. The lowest BCUT2D eigenvalue weighted by Gasteiger charge is -2.21. The average Bonchev–Trinajstić information content (AvgIpc) is 2.84. The first-order valence-corrected chi connectivity index (χ1v) is 7.16. The number of rotatable bonds is 5. The molecule has 1 aromatic carbocycles. The molecule has 0 atom stereocenters. The van der Waals surface area contributed by atoms with Crippen LogP contribution in [0.2, 0.25) is 0 Å². The van der Waals surface area contributed by atoms with Crippen LogP contribution in [0, 0.1) is 12.7 Å². The van der Waals surface area contributed by atoms with Gasteiger partial charge in [-0.2, -0.15) is 5.10 Å². The van der Waals surface area contributed by atoms with Crippen molar-refractivity contribution in [3.05, 3.63) is 47.5 Å². The van der Waals surface area contributed by atoms with E-state index in [1.54, 1.807) is 27.0 Å². The highest BCUT2D eigenvalue weighted by Gasteiger charge is 2.24. The lowest BCUT2D eigenvalue weighted by atomic mass is 10.2. The fourth-order valence-corrected chi connectivity index (χ4v) is 2.19. The largest absolute Gasteiger partial charge is 0.465 e. The molecule has 0 aliphatic heterocycles. The number of esters is 1. The third-order valence-corrected chi connectivity index (χ3v) is 3.20. The highest BCUT2D eigenvalue weighted by Crippen LogP contribution is 2.18. The highest BCUT2D eigenvalue weighted by atomic mass is 19.1. The molecule has 0 fully saturated rings. The Balaban J connectivity index is 2.36. The molecule has 0 radical (unpaired) electrons. The number of amides is 1. The molecular formula is C16H18FN3O3. The van der Waals surface area contributed by atoms with Crippen LogP contribution in [-0.2, 0) is 16.6 Å². The Morgan fingerprint density at radius 3 is 2.48 bits per heavy atom. The predicted octanol–water partition coefficient (Wildman–Crippen LogP) is 2.08. The molecule has 1 heterocycles. The lowest BCUT2D eigenvalue weighted by molar-refractivity contribution is -0.141. The van der Waals surface area contributed by atoms with E-state index < -0.39 is 17.7 Å². The molecule has 0 unspecified atom stereocenters. The zero-order valence-electron chi connectivity index (χ0n) is 13.2. The summed E-state index contributed by atoms with van der Waals surface area (Å²) in [5, 5.41) is 4.13. The Labute approximate surface area is 133 Å². The van der Waals surface area contributed by atoms with Gasteiger partial charge in [0.1, 0.15) is 18.1 Å². The second-order valence-corrected chi connectivity index (χ2v) is 4.97. The van der Waals surface area contributed by atoms with Crippen molar-refractivity contribution in [2.24, 2.45) is 7.05 Å². The van der Waals surface area contributed by atoms with Crippen LogP contribution in [0.4, 0.5) is 10.1 Å². The van der Waals surface area contributed by atoms with E-state index in [9.17, 15) is 14.0 Å². The van der Waals surface area contributed by atoms with E-state index in [4.69, 9.17) is 4.74 Å². The molecule has 0 saturated heterocycles. The van der Waals surface area contributed by atoms with Crippen molar-refractivity contribution in [2.75, 3.05) is 18.1 Å². The second kappa shape index (κ2) is 7.04. The first-order chi connectivity index (χ1) is 10.9. The molecule has 6 nitrogen and oxygen atoms in total. The van der Waals surface area contributed by atoms with Gasteiger partial charge in [-0.05, 0) is 44.2 Å². The molecular weight excluding hydrogens is 301 g/mol. The van der Waals surface area contributed by atoms with E-state index in [1.807, 2.05) is 0 Å². The van der Waals surface area contributed by atoms with Gasteiger partial charge in [0.05, 0.1) is 12.3 Å². The van der Waals surface area contributed by atoms with Crippen LogP contribution in [0.3, 0.4) is 0 Å². The zero-order chi connectivity index (χ0) is 17.0. The number of hydrogen-bond acceptors (Lipinski definition) is 4. The standard InChI is InChI=1S/C16H18FN3O3/c1-4-23-15(21)10-20(13-7-5-12(17)6-8-13)16(22)14-9-11(2)18-19(14)3/h5-9H,4,10H2,1-3H3. The zero-order valence-corrected chi connectivity index (χ0v) is 13.2. The maximum Gasteiger partial charge on any atom is 0.326 e. The number of carbonyl (C=O) groups excluding carboxylic acids is 2. The van der Waals surface area contributed by atoms with Gasteiger partial charge in [-0.25, -0.2) is 4.39 Å². The molecule has 1 aromatic heterocycles. The van der Waals surface area contributed by atoms with Gasteiger partial charge >= 0.3 is 5.97 Å². The smallest absolute Gasteiger partial charge is 0.326 e. The van der Waals surface area contributed by atoms with Gasteiger partial charge < -0.3 is 4.74 Å². The Morgan fingerprint density at radius 1 is 1.30 bits per heavy atom. The van der Waals surface area contributed by atoms with Crippen molar-refractivity contribution in [3.8, 4) is 0 Å². The van der Waals surface area contributed by atoms with Gasteiger partial charge in [-0.3, -0.25) is 19.2 Å². The van der Waals surface area contributed by atoms with Crippen LogP contribution in [0.1, 0.15) is 23.1 Å². The normalized spacial score (nSPS) is 10.4. The maximum atomic E-state index is 13.1. The van der Waals surface area contributed by atoms with Crippen LogP contribution in [0.25, 0.3) is 0 Å². The van der Waals surface area contributed by atoms with Crippen LogP contribution in [0.15, 0.2) is 30.3 Å². The molecule has 2 aromatic rings. The van der Waals surface area contributed by atoms with Gasteiger partial charge in [-0.15, -0.1) is 0 Å². The van der Waals surface area contributed by atoms with Gasteiger partial charge in [0.25, 0.3) is 5.91 Å². The summed E-state index contributed by atoms with van der Waals surface area (Å²) < 4.78 is 19.5. The van der Waals surface area contributed by atoms with Gasteiger partial charge in [-0.1, -0.05) is 0 Å². The fourth-order valence-electron chi connectivity index (χ4n) is 2.19. The number of nitrogens with zero attached hydrogens (tertiary/aromatic N) is 3. The monoisotopic (exact) mass is 319 g/mol. The third kappa shape index (κ3) is 3.94. The molecule has 0 aliphatic rings. The molecule has 0 bridgehead atoms. The molecule has 0 saturated carbocycles. The number of aryl methyl sites for hydroxylation is 2. The molecule has 0 N–H and O–H groups in total. The SMILES string of the molecule is CCOC(=O)CN(C(=O)c1cc(C)nn1C)c1ccc(F)cc1. The van der Waals surface area contributed by atoms with Crippen molar-refractivity contribution >= 4 is 17.6 Å². The third-order valence-electron chi connectivity index (χ3n) is 3.20. The number of hydrogen-bond donors (Lipinski definition) is 0. The summed E-state index contributed by atoms with van der Waals surface area (Å²) in [5.41, 5.74) is 1.42. The van der Waals surface area contributed by atoms with Crippen molar-refractivity contribution in [1.29, 1.82) is 0 Å². The van der Waals surface area contributed by atoms with Gasteiger partial charge in [0.2, 0.25) is 0 Å². The maximum absolute atomic E-state index is 13.1. The Hall–Kier alpha value is -2.70. The van der Waals surface area contributed by atoms with Crippen molar-refractivity contribution in [3.63, 3.8) is 0 Å². The number of halogens is 1. The second-order valence-electron chi connectivity index (χ2n) is 4.97. The average molecular weight is 319 g/mol. The number of benzene rings is 1. The summed E-state index contributed by atoms with van der Waals surface area (Å²) in [5.74, 6) is -1.37. The van der Waals surface area contributed by atoms with Crippen molar-refractivity contribution in [2.45, 2.75) is 13.8 Å². The summed E-state index contributed by atoms with van der Waals surface area (Å²) in [7, 11) is 1.65. The van der Waals surface area contributed by atoms with Crippen LogP contribution in [-0.4, -0.2) is 34.8 Å². The van der Waals surface area contributed by atoms with E-state index in [0.29, 0.717) is 17.1 Å². The van der Waals surface area contributed by atoms with E-state index in [2.05, 4.69) is 5.10 Å². The molecule has 1 amide bonds. The lowest BCUT2D eigenvalue weighted by Crippen LogP contribution is -2.37. The van der Waals surface area contributed by atoms with Crippen LogP contribution in [0.5, 0.6) is 0 Å². The minimum atomic E-state index is -0.538. The molecule has 23 heavy (non-hydrogen) atoms. The highest BCUT2D eigenvalue weighted by molar-refractivity contribution is 6.07. The van der Waals surface area contributed by atoms with Gasteiger partial charge in [0.15, 0.2) is 0 Å². The van der Waals surface area contributed by atoms with Crippen LogP contribution < -0.4 is 4.90 Å². The Morgan fingerprint density at radius 2 is 1.96 bits per heavy atom. The number of aromatic nitrogens is 2. The van der Waals surface area contributed by atoms with Crippen LogP contribution >= 0.6 is 0 Å². The quantitative estimate of drug-likeness (QED) is 0.792. The molecule has 7 heteroatoms. The minimum Gasteiger partial charge on any atom is -0.465 e. The first-order valence-electron chi connectivity index (χ1n) is 7.16. The number of anilines is 1. The number of carbonyl (C=O) groups is 2. The molecule has 2 rings (SSSR count).